The second kappa shape index (κ2) is 6.74. The Morgan fingerprint density at radius 1 is 1.29 bits per heavy atom. The van der Waals surface area contributed by atoms with Gasteiger partial charge in [0.15, 0.2) is 11.6 Å². The molecule has 0 saturated heterocycles. The number of Topliss-reactive ketones (excluding diaryl/α,β-unsaturated/α-hetero) is 2. The van der Waals surface area contributed by atoms with E-state index in [-0.39, 0.29) is 23.6 Å². The third kappa shape index (κ3) is 4.88. The Morgan fingerprint density at radius 2 is 1.90 bits per heavy atom. The molecule has 1 amide bonds. The minimum atomic E-state index is -0.605. The summed E-state index contributed by atoms with van der Waals surface area (Å²) in [4.78, 5) is 35.8. The Bertz CT molecular complexity index is 475. The van der Waals surface area contributed by atoms with Crippen LogP contribution in [0.1, 0.15) is 53.4 Å². The molecule has 1 rings (SSSR count). The van der Waals surface area contributed by atoms with Crippen molar-refractivity contribution >= 4 is 17.7 Å². The second-order valence-electron chi connectivity index (χ2n) is 6.06. The van der Waals surface area contributed by atoms with E-state index in [9.17, 15) is 14.4 Å². The van der Waals surface area contributed by atoms with E-state index in [2.05, 4.69) is 5.43 Å². The number of allylic oxidation sites excluding steroid dienone is 2. The highest BCUT2D eigenvalue weighted by molar-refractivity contribution is 6.21. The number of carbonyl (C=O) groups excluding carboxylic acids is 3. The molecule has 0 saturated carbocycles. The standard InChI is InChI=1S/C15H24N2O4/c1-6-11(18)13-10(8-7-9-12(13)19)16-17(5)14(20)21-15(2,3)4/h16H,6-9H2,1-5H3. The molecule has 0 fully saturated rings. The Balaban J connectivity index is 2.89. The number of amides is 1. The molecule has 0 bridgehead atoms. The lowest BCUT2D eigenvalue weighted by atomic mass is 9.91. The highest BCUT2D eigenvalue weighted by Gasteiger charge is 2.27. The fraction of sp³-hybridized carbons (Fsp3) is 0.667. The molecule has 0 aromatic carbocycles. The van der Waals surface area contributed by atoms with Crippen molar-refractivity contribution in [1.29, 1.82) is 0 Å². The highest BCUT2D eigenvalue weighted by Crippen LogP contribution is 2.22. The van der Waals surface area contributed by atoms with Crippen LogP contribution in [0.3, 0.4) is 0 Å². The molecule has 1 aliphatic carbocycles. The van der Waals surface area contributed by atoms with Crippen molar-refractivity contribution in [2.24, 2.45) is 0 Å². The maximum Gasteiger partial charge on any atom is 0.428 e. The fourth-order valence-electron chi connectivity index (χ4n) is 2.03. The van der Waals surface area contributed by atoms with Crippen molar-refractivity contribution in [1.82, 2.24) is 10.4 Å². The zero-order valence-corrected chi connectivity index (χ0v) is 13.4. The van der Waals surface area contributed by atoms with Crippen LogP contribution >= 0.6 is 0 Å². The molecule has 6 heteroatoms. The summed E-state index contributed by atoms with van der Waals surface area (Å²) in [6.45, 7) is 7.03. The molecule has 0 unspecified atom stereocenters. The lowest BCUT2D eigenvalue weighted by Gasteiger charge is -2.28. The SMILES string of the molecule is CCC(=O)C1=C(NN(C)C(=O)OC(C)(C)C)CCCC1=O. The summed E-state index contributed by atoms with van der Waals surface area (Å²) in [6, 6.07) is 0. The summed E-state index contributed by atoms with van der Waals surface area (Å²) in [5.41, 5.74) is 2.93. The number of hydrogen-bond donors (Lipinski definition) is 1. The average Bonchev–Trinajstić information content (AvgIpc) is 2.36. The Kier molecular flexibility index (Phi) is 5.52. The van der Waals surface area contributed by atoms with Gasteiger partial charge >= 0.3 is 6.09 Å². The smallest absolute Gasteiger partial charge is 0.428 e. The average molecular weight is 296 g/mol. The molecule has 0 aliphatic heterocycles. The quantitative estimate of drug-likeness (QED) is 0.636. The molecule has 21 heavy (non-hydrogen) atoms. The van der Waals surface area contributed by atoms with Gasteiger partial charge in [-0.05, 0) is 33.6 Å². The van der Waals surface area contributed by atoms with Crippen molar-refractivity contribution < 1.29 is 19.1 Å². The summed E-state index contributed by atoms with van der Waals surface area (Å²) < 4.78 is 5.22. The first-order valence-corrected chi connectivity index (χ1v) is 7.18. The largest absolute Gasteiger partial charge is 0.442 e. The molecule has 118 valence electrons. The maximum absolute atomic E-state index is 11.9. The number of nitrogens with zero attached hydrogens (tertiary/aromatic N) is 1. The predicted molar refractivity (Wildman–Crippen MR) is 78.3 cm³/mol. The van der Waals surface area contributed by atoms with Crippen LogP contribution in [0.4, 0.5) is 4.79 Å². The van der Waals surface area contributed by atoms with Crippen LogP contribution in [-0.2, 0) is 14.3 Å². The van der Waals surface area contributed by atoms with Crippen LogP contribution in [0.2, 0.25) is 0 Å². The zero-order chi connectivity index (χ0) is 16.2. The number of hydrogen-bond acceptors (Lipinski definition) is 5. The molecule has 0 radical (unpaired) electrons. The van der Waals surface area contributed by atoms with Gasteiger partial charge < -0.3 is 4.74 Å². The van der Waals surface area contributed by atoms with Gasteiger partial charge in [-0.25, -0.2) is 9.80 Å². The minimum absolute atomic E-state index is 0.159. The van der Waals surface area contributed by atoms with E-state index < -0.39 is 11.7 Å². The Morgan fingerprint density at radius 3 is 2.43 bits per heavy atom. The van der Waals surface area contributed by atoms with E-state index in [1.54, 1.807) is 27.7 Å². The van der Waals surface area contributed by atoms with E-state index in [0.29, 0.717) is 25.0 Å². The third-order valence-corrected chi connectivity index (χ3v) is 2.98. The third-order valence-electron chi connectivity index (χ3n) is 2.98. The van der Waals surface area contributed by atoms with Crippen LogP contribution in [0.25, 0.3) is 0 Å². The Hall–Kier alpha value is -1.85. The van der Waals surface area contributed by atoms with E-state index in [1.807, 2.05) is 0 Å². The molecule has 1 N–H and O–H groups in total. The lowest BCUT2D eigenvalue weighted by Crippen LogP contribution is -2.44. The molecule has 0 aromatic heterocycles. The molecule has 6 nitrogen and oxygen atoms in total. The predicted octanol–water partition coefficient (Wildman–Crippen LogP) is 2.34. The first kappa shape index (κ1) is 17.2. The van der Waals surface area contributed by atoms with Crippen LogP contribution in [-0.4, -0.2) is 35.3 Å². The fourth-order valence-corrected chi connectivity index (χ4v) is 2.03. The molecule has 0 spiro atoms. The maximum atomic E-state index is 11.9. The van der Waals surface area contributed by atoms with E-state index in [4.69, 9.17) is 4.74 Å². The summed E-state index contributed by atoms with van der Waals surface area (Å²) >= 11 is 0. The molecule has 0 heterocycles. The number of rotatable bonds is 4. The van der Waals surface area contributed by atoms with Gasteiger partial charge in [0.25, 0.3) is 0 Å². The van der Waals surface area contributed by atoms with Crippen molar-refractivity contribution in [3.8, 4) is 0 Å². The molecular formula is C15H24N2O4. The number of nitrogens with one attached hydrogen (secondary N) is 1. The summed E-state index contributed by atoms with van der Waals surface area (Å²) in [5.74, 6) is -0.354. The number of ketones is 2. The first-order chi connectivity index (χ1) is 9.65. The van der Waals surface area contributed by atoms with E-state index in [1.165, 1.54) is 12.1 Å². The van der Waals surface area contributed by atoms with Gasteiger partial charge in [0, 0.05) is 25.6 Å². The molecule has 0 atom stereocenters. The van der Waals surface area contributed by atoms with Gasteiger partial charge in [-0.1, -0.05) is 6.92 Å². The lowest BCUT2D eigenvalue weighted by molar-refractivity contribution is -0.122. The number of ether oxygens (including phenoxy) is 1. The van der Waals surface area contributed by atoms with Gasteiger partial charge in [0.05, 0.1) is 5.57 Å². The first-order valence-electron chi connectivity index (χ1n) is 7.18. The normalized spacial score (nSPS) is 15.8. The highest BCUT2D eigenvalue weighted by atomic mass is 16.6. The van der Waals surface area contributed by atoms with Crippen molar-refractivity contribution in [2.45, 2.75) is 59.0 Å². The van der Waals surface area contributed by atoms with Gasteiger partial charge in [0.2, 0.25) is 0 Å². The van der Waals surface area contributed by atoms with Gasteiger partial charge in [0.1, 0.15) is 5.60 Å². The van der Waals surface area contributed by atoms with Crippen molar-refractivity contribution in [3.63, 3.8) is 0 Å². The zero-order valence-electron chi connectivity index (χ0n) is 13.4. The van der Waals surface area contributed by atoms with Gasteiger partial charge in [-0.15, -0.1) is 0 Å². The monoisotopic (exact) mass is 296 g/mol. The molecule has 1 aliphatic rings. The van der Waals surface area contributed by atoms with Crippen LogP contribution in [0, 0.1) is 0 Å². The topological polar surface area (TPSA) is 75.7 Å². The summed E-state index contributed by atoms with van der Waals surface area (Å²) in [6.07, 6.45) is 1.32. The van der Waals surface area contributed by atoms with E-state index >= 15 is 0 Å². The van der Waals surface area contributed by atoms with Crippen LogP contribution in [0.15, 0.2) is 11.3 Å². The summed E-state index contributed by atoms with van der Waals surface area (Å²) in [5, 5.41) is 1.17. The number of hydrazine groups is 1. The summed E-state index contributed by atoms with van der Waals surface area (Å²) in [7, 11) is 1.51. The van der Waals surface area contributed by atoms with Crippen LogP contribution < -0.4 is 5.43 Å². The van der Waals surface area contributed by atoms with Gasteiger partial charge in [-0.2, -0.15) is 0 Å². The number of carbonyl (C=O) groups is 3. The second-order valence-corrected chi connectivity index (χ2v) is 6.06. The molecule has 0 aromatic rings. The minimum Gasteiger partial charge on any atom is -0.442 e. The van der Waals surface area contributed by atoms with Gasteiger partial charge in [-0.3, -0.25) is 15.0 Å². The van der Waals surface area contributed by atoms with Crippen molar-refractivity contribution in [2.75, 3.05) is 7.05 Å². The Labute approximate surface area is 125 Å². The molecular weight excluding hydrogens is 272 g/mol. The van der Waals surface area contributed by atoms with Crippen molar-refractivity contribution in [3.05, 3.63) is 11.3 Å². The van der Waals surface area contributed by atoms with Crippen LogP contribution in [0.5, 0.6) is 0 Å². The van der Waals surface area contributed by atoms with E-state index in [0.717, 1.165) is 0 Å².